The van der Waals surface area contributed by atoms with E-state index in [-0.39, 0.29) is 4.05 Å². The highest BCUT2D eigenvalue weighted by Gasteiger charge is 2.17. The van der Waals surface area contributed by atoms with Gasteiger partial charge in [0.05, 0.1) is 17.1 Å². The Bertz CT molecular complexity index is 3080. The number of hydrogen-bond acceptors (Lipinski definition) is 6. The number of furan rings is 2. The van der Waals surface area contributed by atoms with Crippen molar-refractivity contribution in [3.05, 3.63) is 199 Å². The Morgan fingerprint density at radius 1 is 0.509 bits per heavy atom. The molecule has 1 unspecified atom stereocenters. The minimum Gasteiger partial charge on any atom is -0.456 e. The summed E-state index contributed by atoms with van der Waals surface area (Å²) in [5.74, 6) is 0.673. The van der Waals surface area contributed by atoms with Crippen LogP contribution >= 0.6 is 22.6 Å². The fraction of sp³-hybridized carbons (Fsp3) is 0.0200. The van der Waals surface area contributed by atoms with Crippen LogP contribution in [-0.2, 0) is 0 Å². The summed E-state index contributed by atoms with van der Waals surface area (Å²) in [4.78, 5) is 15.2. The van der Waals surface area contributed by atoms with Crippen molar-refractivity contribution in [3.8, 4) is 33.9 Å². The molecule has 0 saturated carbocycles. The molecule has 0 aliphatic carbocycles. The molecule has 1 atom stereocenters. The predicted molar refractivity (Wildman–Crippen MR) is 241 cm³/mol. The summed E-state index contributed by atoms with van der Waals surface area (Å²) in [6.45, 7) is 0. The summed E-state index contributed by atoms with van der Waals surface area (Å²) in [6, 6.07) is 59.3. The van der Waals surface area contributed by atoms with Gasteiger partial charge in [-0.05, 0) is 71.3 Å². The lowest BCUT2D eigenvalue weighted by Gasteiger charge is -2.10. The van der Waals surface area contributed by atoms with Gasteiger partial charge in [0, 0.05) is 50.0 Å². The molecule has 0 fully saturated rings. The zero-order valence-corrected chi connectivity index (χ0v) is 32.7. The number of benzene rings is 7. The first-order chi connectivity index (χ1) is 28.0. The van der Waals surface area contributed by atoms with E-state index in [1.54, 1.807) is 0 Å². The Labute approximate surface area is 342 Å². The van der Waals surface area contributed by atoms with Crippen molar-refractivity contribution in [2.75, 3.05) is 0 Å². The van der Waals surface area contributed by atoms with Gasteiger partial charge in [0.15, 0.2) is 5.82 Å². The van der Waals surface area contributed by atoms with Crippen LogP contribution in [-0.4, -0.2) is 15.7 Å². The summed E-state index contributed by atoms with van der Waals surface area (Å²) in [5, 5.41) is 3.93. The van der Waals surface area contributed by atoms with Gasteiger partial charge in [0.25, 0.3) is 0 Å². The number of nitrogens with zero attached hydrogens (tertiary/aromatic N) is 3. The van der Waals surface area contributed by atoms with Crippen molar-refractivity contribution in [3.63, 3.8) is 0 Å². The van der Waals surface area contributed by atoms with Crippen LogP contribution in [0.5, 0.6) is 0 Å². The van der Waals surface area contributed by atoms with Crippen molar-refractivity contribution in [1.82, 2.24) is 9.97 Å². The average Bonchev–Trinajstić information content (AvgIpc) is 3.82. The predicted octanol–water partition coefficient (Wildman–Crippen LogP) is 13.2. The molecule has 6 nitrogen and oxygen atoms in total. The SMILES string of the molecule is N/C(=C\C(=NC(I)c1ccccc1)c1ccccc1)c1ccc2oc3cc4oc5ccc(-c6cc(-c7ccccc7)nc(-c7ccccc7)n6)cc5c4cc3c2c1. The first-order valence-electron chi connectivity index (χ1n) is 18.7. The van der Waals surface area contributed by atoms with Gasteiger partial charge >= 0.3 is 0 Å². The van der Waals surface area contributed by atoms with Gasteiger partial charge in [-0.25, -0.2) is 9.97 Å². The Hall–Kier alpha value is -6.84. The number of nitrogens with two attached hydrogens (primary N) is 1. The lowest BCUT2D eigenvalue weighted by molar-refractivity contribution is 0.656. The second-order valence-electron chi connectivity index (χ2n) is 13.9. The highest BCUT2D eigenvalue weighted by atomic mass is 127. The number of allylic oxidation sites excluding steroid dienone is 1. The number of aliphatic imine (C=N–C) groups is 1. The average molecular weight is 849 g/mol. The van der Waals surface area contributed by atoms with Gasteiger partial charge in [0.1, 0.15) is 26.4 Å². The van der Waals surface area contributed by atoms with Gasteiger partial charge < -0.3 is 14.6 Å². The summed E-state index contributed by atoms with van der Waals surface area (Å²) in [5.41, 5.74) is 19.0. The summed E-state index contributed by atoms with van der Waals surface area (Å²) < 4.78 is 12.7. The molecule has 0 bridgehead atoms. The summed E-state index contributed by atoms with van der Waals surface area (Å²) in [6.07, 6.45) is 1.97. The molecule has 0 aliphatic heterocycles. The van der Waals surface area contributed by atoms with Crippen LogP contribution in [0.4, 0.5) is 0 Å². The molecule has 7 heteroatoms. The lowest BCUT2D eigenvalue weighted by Crippen LogP contribution is -2.05. The quantitative estimate of drug-likeness (QED) is 0.0712. The zero-order valence-electron chi connectivity index (χ0n) is 30.5. The fourth-order valence-electron chi connectivity index (χ4n) is 7.30. The number of aromatic nitrogens is 2. The molecule has 10 rings (SSSR count). The monoisotopic (exact) mass is 848 g/mol. The minimum absolute atomic E-state index is 0.0813. The van der Waals surface area contributed by atoms with Crippen LogP contribution in [0.15, 0.2) is 196 Å². The number of fused-ring (bicyclic) bond motifs is 6. The molecule has 0 saturated heterocycles. The van der Waals surface area contributed by atoms with E-state index >= 15 is 0 Å². The molecule has 7 aromatic carbocycles. The molecule has 0 spiro atoms. The topological polar surface area (TPSA) is 90.4 Å². The first-order valence-corrected chi connectivity index (χ1v) is 19.9. The highest BCUT2D eigenvalue weighted by molar-refractivity contribution is 14.1. The molecule has 3 aromatic heterocycles. The van der Waals surface area contributed by atoms with Crippen LogP contribution in [0.3, 0.4) is 0 Å². The molecule has 0 amide bonds. The zero-order chi connectivity index (χ0) is 38.3. The van der Waals surface area contributed by atoms with Crippen LogP contribution < -0.4 is 5.73 Å². The Morgan fingerprint density at radius 3 is 1.72 bits per heavy atom. The third-order valence-corrected chi connectivity index (χ3v) is 11.2. The lowest BCUT2D eigenvalue weighted by atomic mass is 10.0. The van der Waals surface area contributed by atoms with Crippen LogP contribution in [0.2, 0.25) is 0 Å². The molecule has 0 aliphatic rings. The van der Waals surface area contributed by atoms with E-state index in [1.807, 2.05) is 115 Å². The number of rotatable bonds is 8. The molecule has 0 radical (unpaired) electrons. The number of hydrogen-bond donors (Lipinski definition) is 1. The third kappa shape index (κ3) is 6.76. The molecule has 10 aromatic rings. The Kier molecular flexibility index (Phi) is 8.91. The van der Waals surface area contributed by atoms with Crippen LogP contribution in [0.1, 0.15) is 20.7 Å². The van der Waals surface area contributed by atoms with Gasteiger partial charge in [-0.3, -0.25) is 4.99 Å². The second-order valence-corrected chi connectivity index (χ2v) is 15.1. The molecule has 272 valence electrons. The Balaban J connectivity index is 1.07. The van der Waals surface area contributed by atoms with Crippen LogP contribution in [0, 0.1) is 0 Å². The number of halogens is 1. The van der Waals surface area contributed by atoms with E-state index in [1.165, 1.54) is 0 Å². The van der Waals surface area contributed by atoms with E-state index < -0.39 is 0 Å². The maximum atomic E-state index is 6.89. The molecule has 57 heavy (non-hydrogen) atoms. The smallest absolute Gasteiger partial charge is 0.160 e. The standard InChI is InChI=1S/C50H33IN4O2/c51-49(33-17-9-3-10-18-33)53-42(31-13-5-1-6-14-31)28-41(52)35-21-23-45-37(25-35)39-27-40-38-26-36(22-24-46(38)57-48(40)30-47(39)56-45)44-29-43(32-15-7-2-8-16-32)54-50(55-44)34-19-11-4-12-20-34/h1-30,49H,52H2/b41-28-,53-42?. The molecular weight excluding hydrogens is 815 g/mol. The largest absolute Gasteiger partial charge is 0.456 e. The van der Waals surface area contributed by atoms with Crippen molar-refractivity contribution in [2.45, 2.75) is 4.05 Å². The summed E-state index contributed by atoms with van der Waals surface area (Å²) in [7, 11) is 0. The minimum atomic E-state index is -0.0813. The maximum Gasteiger partial charge on any atom is 0.160 e. The third-order valence-electron chi connectivity index (χ3n) is 10.2. The fourth-order valence-corrected chi connectivity index (χ4v) is 8.01. The van der Waals surface area contributed by atoms with E-state index in [0.717, 1.165) is 94.4 Å². The first kappa shape index (κ1) is 34.6. The molecule has 3 heterocycles. The summed E-state index contributed by atoms with van der Waals surface area (Å²) >= 11 is 2.37. The van der Waals surface area contributed by atoms with E-state index in [2.05, 4.69) is 89.3 Å². The molecular formula is C50H33IN4O2. The van der Waals surface area contributed by atoms with Gasteiger partial charge in [-0.15, -0.1) is 0 Å². The van der Waals surface area contributed by atoms with Gasteiger partial charge in [-0.2, -0.15) is 0 Å². The maximum absolute atomic E-state index is 6.89. The normalized spacial score (nSPS) is 12.9. The molecule has 2 N–H and O–H groups in total. The van der Waals surface area contributed by atoms with Gasteiger partial charge in [0.2, 0.25) is 0 Å². The van der Waals surface area contributed by atoms with E-state index in [4.69, 9.17) is 29.5 Å². The number of alkyl halides is 1. The van der Waals surface area contributed by atoms with E-state index in [9.17, 15) is 0 Å². The second kappa shape index (κ2) is 14.7. The van der Waals surface area contributed by atoms with E-state index in [0.29, 0.717) is 11.5 Å². The highest BCUT2D eigenvalue weighted by Crippen LogP contribution is 2.39. The van der Waals surface area contributed by atoms with Crippen molar-refractivity contribution >= 4 is 77.9 Å². The van der Waals surface area contributed by atoms with Crippen molar-refractivity contribution in [1.29, 1.82) is 0 Å². The Morgan fingerprint density at radius 2 is 1.05 bits per heavy atom. The van der Waals surface area contributed by atoms with Crippen molar-refractivity contribution < 1.29 is 8.83 Å². The van der Waals surface area contributed by atoms with Gasteiger partial charge in [-0.1, -0.05) is 144 Å². The van der Waals surface area contributed by atoms with Crippen molar-refractivity contribution in [2.24, 2.45) is 10.7 Å². The van der Waals surface area contributed by atoms with Crippen LogP contribution in [0.25, 0.3) is 83.5 Å².